The minimum absolute atomic E-state index is 0.861. The number of allylic oxidation sites excluding steroid dienone is 3. The van der Waals surface area contributed by atoms with Gasteiger partial charge in [-0.2, -0.15) is 0 Å². The molecule has 1 fully saturated rings. The Labute approximate surface area is 88.3 Å². The molecule has 0 aliphatic heterocycles. The van der Waals surface area contributed by atoms with E-state index in [1.807, 2.05) is 0 Å². The van der Waals surface area contributed by atoms with Crippen LogP contribution >= 0.6 is 22.6 Å². The first-order valence-electron chi connectivity index (χ1n) is 4.75. The SMILES string of the molecule is C=C(C)C1=C(I)C2CCC1CC2. The van der Waals surface area contributed by atoms with E-state index >= 15 is 0 Å². The summed E-state index contributed by atoms with van der Waals surface area (Å²) in [6.45, 7) is 6.25. The van der Waals surface area contributed by atoms with Crippen LogP contribution in [0.1, 0.15) is 32.6 Å². The first-order chi connectivity index (χ1) is 5.70. The van der Waals surface area contributed by atoms with Crippen molar-refractivity contribution in [2.45, 2.75) is 32.6 Å². The largest absolute Gasteiger partial charge is 0.0958 e. The van der Waals surface area contributed by atoms with Crippen LogP contribution in [0.15, 0.2) is 21.3 Å². The van der Waals surface area contributed by atoms with Gasteiger partial charge in [-0.15, -0.1) is 0 Å². The van der Waals surface area contributed by atoms with Crippen LogP contribution in [0.5, 0.6) is 0 Å². The van der Waals surface area contributed by atoms with Crippen molar-refractivity contribution in [3.63, 3.8) is 0 Å². The maximum absolute atomic E-state index is 4.09. The highest BCUT2D eigenvalue weighted by Crippen LogP contribution is 2.49. The molecular weight excluding hydrogens is 259 g/mol. The van der Waals surface area contributed by atoms with E-state index in [0.717, 1.165) is 11.8 Å². The van der Waals surface area contributed by atoms with Crippen molar-refractivity contribution in [1.82, 2.24) is 0 Å². The molecule has 1 heteroatoms. The molecule has 1 saturated carbocycles. The first-order valence-corrected chi connectivity index (χ1v) is 5.83. The Bertz CT molecular complexity index is 242. The van der Waals surface area contributed by atoms with Crippen LogP contribution in [0.25, 0.3) is 0 Å². The summed E-state index contributed by atoms with van der Waals surface area (Å²) in [5.41, 5.74) is 2.92. The van der Waals surface area contributed by atoms with Crippen LogP contribution in [0.4, 0.5) is 0 Å². The van der Waals surface area contributed by atoms with E-state index in [1.54, 1.807) is 9.15 Å². The van der Waals surface area contributed by atoms with Crippen molar-refractivity contribution in [2.75, 3.05) is 0 Å². The van der Waals surface area contributed by atoms with E-state index in [0.29, 0.717) is 0 Å². The molecule has 0 aromatic rings. The highest BCUT2D eigenvalue weighted by molar-refractivity contribution is 14.1. The van der Waals surface area contributed by atoms with E-state index in [1.165, 1.54) is 31.3 Å². The second-order valence-electron chi connectivity index (χ2n) is 4.09. The highest BCUT2D eigenvalue weighted by atomic mass is 127. The lowest BCUT2D eigenvalue weighted by atomic mass is 9.70. The van der Waals surface area contributed by atoms with Crippen molar-refractivity contribution in [3.8, 4) is 0 Å². The average molecular weight is 274 g/mol. The Balaban J connectivity index is 2.39. The molecule has 0 amide bonds. The first kappa shape index (κ1) is 8.79. The smallest absolute Gasteiger partial charge is 0.00258 e. The molecule has 0 saturated heterocycles. The van der Waals surface area contributed by atoms with Crippen LogP contribution < -0.4 is 0 Å². The summed E-state index contributed by atoms with van der Waals surface area (Å²) in [5, 5.41) is 0. The van der Waals surface area contributed by atoms with Gasteiger partial charge in [-0.3, -0.25) is 0 Å². The molecule has 66 valence electrons. The second kappa shape index (κ2) is 3.17. The van der Waals surface area contributed by atoms with Gasteiger partial charge < -0.3 is 0 Å². The molecule has 0 radical (unpaired) electrons. The summed E-state index contributed by atoms with van der Waals surface area (Å²) in [7, 11) is 0. The third-order valence-electron chi connectivity index (χ3n) is 3.21. The second-order valence-corrected chi connectivity index (χ2v) is 5.25. The quantitative estimate of drug-likeness (QED) is 0.632. The van der Waals surface area contributed by atoms with Gasteiger partial charge in [0.05, 0.1) is 0 Å². The summed E-state index contributed by atoms with van der Waals surface area (Å²) in [5.74, 6) is 1.75. The molecule has 0 spiro atoms. The molecule has 0 aromatic carbocycles. The molecule has 2 bridgehead atoms. The van der Waals surface area contributed by atoms with Gasteiger partial charge in [-0.25, -0.2) is 0 Å². The molecule has 3 aliphatic rings. The van der Waals surface area contributed by atoms with Crippen LogP contribution in [-0.4, -0.2) is 0 Å². The van der Waals surface area contributed by atoms with Gasteiger partial charge in [-0.1, -0.05) is 12.2 Å². The Hall–Kier alpha value is 0.210. The maximum Gasteiger partial charge on any atom is -0.00258 e. The van der Waals surface area contributed by atoms with E-state index in [-0.39, 0.29) is 0 Å². The number of halogens is 1. The molecule has 3 aliphatic carbocycles. The highest BCUT2D eigenvalue weighted by Gasteiger charge is 2.33. The molecule has 0 atom stereocenters. The zero-order valence-electron chi connectivity index (χ0n) is 7.57. The lowest BCUT2D eigenvalue weighted by Crippen LogP contribution is -2.24. The van der Waals surface area contributed by atoms with Crippen LogP contribution in [0, 0.1) is 11.8 Å². The van der Waals surface area contributed by atoms with Gasteiger partial charge in [-0.05, 0) is 76.2 Å². The number of rotatable bonds is 1. The van der Waals surface area contributed by atoms with E-state index in [4.69, 9.17) is 0 Å². The summed E-state index contributed by atoms with van der Waals surface area (Å²) in [4.78, 5) is 0. The van der Waals surface area contributed by atoms with E-state index < -0.39 is 0 Å². The van der Waals surface area contributed by atoms with Crippen molar-refractivity contribution in [1.29, 1.82) is 0 Å². The third kappa shape index (κ3) is 1.26. The Morgan fingerprint density at radius 3 is 2.08 bits per heavy atom. The molecule has 0 heterocycles. The Morgan fingerprint density at radius 2 is 1.75 bits per heavy atom. The van der Waals surface area contributed by atoms with Crippen molar-refractivity contribution in [3.05, 3.63) is 21.3 Å². The molecule has 0 unspecified atom stereocenters. The third-order valence-corrected chi connectivity index (χ3v) is 4.67. The van der Waals surface area contributed by atoms with Gasteiger partial charge in [0.1, 0.15) is 0 Å². The average Bonchev–Trinajstić information content (AvgIpc) is 2.05. The molecule has 0 nitrogen and oxygen atoms in total. The Kier molecular flexibility index (Phi) is 2.32. The van der Waals surface area contributed by atoms with Crippen molar-refractivity contribution in [2.24, 2.45) is 11.8 Å². The predicted molar refractivity (Wildman–Crippen MR) is 61.3 cm³/mol. The van der Waals surface area contributed by atoms with E-state index in [9.17, 15) is 0 Å². The molecule has 12 heavy (non-hydrogen) atoms. The van der Waals surface area contributed by atoms with Gasteiger partial charge in [0.15, 0.2) is 0 Å². The fourth-order valence-corrected chi connectivity index (χ4v) is 4.13. The summed E-state index contributed by atoms with van der Waals surface area (Å²) < 4.78 is 1.63. The Morgan fingerprint density at radius 1 is 1.25 bits per heavy atom. The summed E-state index contributed by atoms with van der Waals surface area (Å²) in [6.07, 6.45) is 5.69. The lowest BCUT2D eigenvalue weighted by molar-refractivity contribution is 0.313. The molecule has 0 aromatic heterocycles. The fraction of sp³-hybridized carbons (Fsp3) is 0.636. The topological polar surface area (TPSA) is 0 Å². The van der Waals surface area contributed by atoms with Gasteiger partial charge >= 0.3 is 0 Å². The standard InChI is InChI=1S/C11H15I/c1-7(2)10-8-3-5-9(6-4-8)11(10)12/h8-9H,1,3-6H2,2H3. The summed E-state index contributed by atoms with van der Waals surface area (Å²) >= 11 is 2.55. The number of fused-ring (bicyclic) bond motifs is 2. The molecule has 3 rings (SSSR count). The molecule has 0 N–H and O–H groups in total. The van der Waals surface area contributed by atoms with Gasteiger partial charge in [0, 0.05) is 0 Å². The van der Waals surface area contributed by atoms with E-state index in [2.05, 4.69) is 36.1 Å². The predicted octanol–water partition coefficient (Wildman–Crippen LogP) is 4.07. The van der Waals surface area contributed by atoms with Crippen LogP contribution in [0.2, 0.25) is 0 Å². The minimum atomic E-state index is 0.861. The monoisotopic (exact) mass is 274 g/mol. The van der Waals surface area contributed by atoms with Crippen LogP contribution in [0.3, 0.4) is 0 Å². The normalized spacial score (nSPS) is 34.2. The minimum Gasteiger partial charge on any atom is -0.0958 e. The van der Waals surface area contributed by atoms with Gasteiger partial charge in [0.2, 0.25) is 0 Å². The van der Waals surface area contributed by atoms with Gasteiger partial charge in [0.25, 0.3) is 0 Å². The van der Waals surface area contributed by atoms with Crippen molar-refractivity contribution < 1.29 is 0 Å². The van der Waals surface area contributed by atoms with Crippen LogP contribution in [-0.2, 0) is 0 Å². The number of hydrogen-bond acceptors (Lipinski definition) is 0. The number of hydrogen-bond donors (Lipinski definition) is 0. The summed E-state index contributed by atoms with van der Waals surface area (Å²) in [6, 6.07) is 0. The fourth-order valence-electron chi connectivity index (χ4n) is 2.60. The maximum atomic E-state index is 4.09. The molecular formula is C11H15I. The zero-order valence-corrected chi connectivity index (χ0v) is 9.73. The zero-order chi connectivity index (χ0) is 8.72. The lowest BCUT2D eigenvalue weighted by Gasteiger charge is -2.38. The van der Waals surface area contributed by atoms with Crippen molar-refractivity contribution >= 4 is 22.6 Å².